The highest BCUT2D eigenvalue weighted by Gasteiger charge is 2.36. The molecule has 1 amide bonds. The highest BCUT2D eigenvalue weighted by atomic mass is 16.6. The third-order valence-corrected chi connectivity index (χ3v) is 3.92. The lowest BCUT2D eigenvalue weighted by molar-refractivity contribution is -0.112. The molecule has 0 atom stereocenters. The zero-order valence-electron chi connectivity index (χ0n) is 11.7. The summed E-state index contributed by atoms with van der Waals surface area (Å²) >= 11 is 0. The first-order valence-electron chi connectivity index (χ1n) is 5.91. The molecular formula is C14H18N2O2. The van der Waals surface area contributed by atoms with Gasteiger partial charge in [0.2, 0.25) is 0 Å². The fourth-order valence-electron chi connectivity index (χ4n) is 2.55. The molecule has 0 aromatic heterocycles. The quantitative estimate of drug-likeness (QED) is 0.713. The van der Waals surface area contributed by atoms with Crippen LogP contribution in [0.25, 0.3) is 0 Å². The van der Waals surface area contributed by atoms with Gasteiger partial charge in [-0.05, 0) is 49.9 Å². The molecule has 0 unspecified atom stereocenters. The molecule has 0 spiro atoms. The lowest BCUT2D eigenvalue weighted by Gasteiger charge is -2.18. The molecule has 0 bridgehead atoms. The largest absolute Gasteiger partial charge is 0.398 e. The zero-order chi connectivity index (χ0) is 13.6. The average molecular weight is 246 g/mol. The van der Waals surface area contributed by atoms with Gasteiger partial charge in [-0.3, -0.25) is 4.79 Å². The Morgan fingerprint density at radius 2 is 1.56 bits per heavy atom. The molecule has 0 aliphatic carbocycles. The second kappa shape index (κ2) is 4.12. The fraction of sp³-hybridized carbons (Fsp3) is 0.429. The number of nitrogens with zero attached hydrogens (tertiary/aromatic N) is 2. The Balaban J connectivity index is 2.87. The van der Waals surface area contributed by atoms with Gasteiger partial charge in [0.25, 0.3) is 5.91 Å². The first-order valence-corrected chi connectivity index (χ1v) is 5.91. The summed E-state index contributed by atoms with van der Waals surface area (Å²) < 4.78 is 0. The Hall–Kier alpha value is -1.84. The molecule has 0 radical (unpaired) electrons. The van der Waals surface area contributed by atoms with Crippen molar-refractivity contribution in [3.8, 4) is 0 Å². The molecule has 1 aromatic rings. The fourth-order valence-corrected chi connectivity index (χ4v) is 2.55. The van der Waals surface area contributed by atoms with Crippen LogP contribution in [-0.4, -0.2) is 25.8 Å². The predicted octanol–water partition coefficient (Wildman–Crippen LogP) is 2.25. The van der Waals surface area contributed by atoms with Gasteiger partial charge in [-0.2, -0.15) is 0 Å². The number of fused-ring (bicyclic) bond motifs is 1. The lowest BCUT2D eigenvalue weighted by atomic mass is 9.92. The zero-order valence-corrected chi connectivity index (χ0v) is 11.7. The molecule has 4 heteroatoms. The summed E-state index contributed by atoms with van der Waals surface area (Å²) in [4.78, 5) is 18.7. The second-order valence-electron chi connectivity index (χ2n) is 4.71. The Labute approximate surface area is 107 Å². The van der Waals surface area contributed by atoms with Gasteiger partial charge in [0.1, 0.15) is 7.11 Å². The highest BCUT2D eigenvalue weighted by Crippen LogP contribution is 2.38. The minimum absolute atomic E-state index is 0.108. The van der Waals surface area contributed by atoms with Crippen molar-refractivity contribution in [2.24, 2.45) is 5.16 Å². The molecular weight excluding hydrogens is 228 g/mol. The average Bonchev–Trinajstić information content (AvgIpc) is 2.59. The van der Waals surface area contributed by atoms with Gasteiger partial charge in [-0.1, -0.05) is 5.16 Å². The lowest BCUT2D eigenvalue weighted by Crippen LogP contribution is -2.26. The maximum atomic E-state index is 12.2. The summed E-state index contributed by atoms with van der Waals surface area (Å²) in [5.74, 6) is -0.108. The minimum Gasteiger partial charge on any atom is -0.398 e. The first-order chi connectivity index (χ1) is 8.41. The number of anilines is 1. The normalized spacial score (nSPS) is 16.4. The highest BCUT2D eigenvalue weighted by molar-refractivity contribution is 6.54. The van der Waals surface area contributed by atoms with Crippen LogP contribution in [0.2, 0.25) is 0 Å². The van der Waals surface area contributed by atoms with Crippen LogP contribution in [-0.2, 0) is 9.63 Å². The number of carbonyl (C=O) groups is 1. The van der Waals surface area contributed by atoms with E-state index in [0.717, 1.165) is 22.4 Å². The predicted molar refractivity (Wildman–Crippen MR) is 72.3 cm³/mol. The van der Waals surface area contributed by atoms with Crippen molar-refractivity contribution in [3.05, 3.63) is 27.8 Å². The summed E-state index contributed by atoms with van der Waals surface area (Å²) in [7, 11) is 3.24. The van der Waals surface area contributed by atoms with Gasteiger partial charge < -0.3 is 9.74 Å². The first kappa shape index (κ1) is 12.6. The van der Waals surface area contributed by atoms with E-state index < -0.39 is 0 Å². The van der Waals surface area contributed by atoms with E-state index in [1.807, 2.05) is 13.8 Å². The van der Waals surface area contributed by atoms with Crippen molar-refractivity contribution in [1.29, 1.82) is 0 Å². The molecule has 0 saturated heterocycles. The maximum Gasteiger partial charge on any atom is 0.280 e. The molecule has 0 N–H and O–H groups in total. The molecule has 1 aliphatic rings. The van der Waals surface area contributed by atoms with Crippen molar-refractivity contribution in [3.63, 3.8) is 0 Å². The van der Waals surface area contributed by atoms with Crippen LogP contribution < -0.4 is 4.90 Å². The molecule has 18 heavy (non-hydrogen) atoms. The van der Waals surface area contributed by atoms with Gasteiger partial charge in [0.15, 0.2) is 5.71 Å². The van der Waals surface area contributed by atoms with Crippen LogP contribution >= 0.6 is 0 Å². The summed E-state index contributed by atoms with van der Waals surface area (Å²) in [6.45, 7) is 8.23. The number of hydrogen-bond donors (Lipinski definition) is 0. The van der Waals surface area contributed by atoms with Crippen molar-refractivity contribution >= 4 is 17.3 Å². The van der Waals surface area contributed by atoms with Crippen molar-refractivity contribution < 1.29 is 9.63 Å². The van der Waals surface area contributed by atoms with Gasteiger partial charge in [0, 0.05) is 12.6 Å². The Morgan fingerprint density at radius 3 is 2.11 bits per heavy atom. The topological polar surface area (TPSA) is 41.9 Å². The summed E-state index contributed by atoms with van der Waals surface area (Å²) in [5, 5.41) is 3.89. The number of benzene rings is 1. The third kappa shape index (κ3) is 1.45. The van der Waals surface area contributed by atoms with Crippen molar-refractivity contribution in [1.82, 2.24) is 0 Å². The molecule has 2 rings (SSSR count). The van der Waals surface area contributed by atoms with E-state index in [2.05, 4.69) is 19.0 Å². The van der Waals surface area contributed by atoms with Crippen LogP contribution in [0.4, 0.5) is 5.69 Å². The van der Waals surface area contributed by atoms with Gasteiger partial charge in [-0.15, -0.1) is 0 Å². The van der Waals surface area contributed by atoms with Crippen LogP contribution in [0.15, 0.2) is 5.16 Å². The molecule has 1 aliphatic heterocycles. The minimum atomic E-state index is -0.108. The standard InChI is InChI=1S/C14H18N2O2/c1-7-8(2)10(4)13-11(9(7)3)12(15-18-6)14(17)16(13)5/h1-6H3/b15-12-. The van der Waals surface area contributed by atoms with Crippen LogP contribution in [0.1, 0.15) is 27.8 Å². The molecule has 1 heterocycles. The molecule has 4 nitrogen and oxygen atoms in total. The Bertz CT molecular complexity index is 574. The summed E-state index contributed by atoms with van der Waals surface area (Å²) in [6, 6.07) is 0. The maximum absolute atomic E-state index is 12.2. The number of likely N-dealkylation sites (N-methyl/N-ethyl adjacent to an activating group) is 1. The molecule has 0 fully saturated rings. The number of carbonyl (C=O) groups excluding carboxylic acids is 1. The van der Waals surface area contributed by atoms with E-state index in [4.69, 9.17) is 4.84 Å². The second-order valence-corrected chi connectivity index (χ2v) is 4.71. The van der Waals surface area contributed by atoms with E-state index >= 15 is 0 Å². The van der Waals surface area contributed by atoms with Gasteiger partial charge in [0.05, 0.1) is 5.69 Å². The monoisotopic (exact) mass is 246 g/mol. The number of oxime groups is 1. The summed E-state index contributed by atoms with van der Waals surface area (Å²) in [5.41, 5.74) is 6.93. The van der Waals surface area contributed by atoms with Crippen molar-refractivity contribution in [2.75, 3.05) is 19.1 Å². The van der Waals surface area contributed by atoms with E-state index in [-0.39, 0.29) is 5.91 Å². The van der Waals surface area contributed by atoms with Crippen LogP contribution in [0.3, 0.4) is 0 Å². The molecule has 0 saturated carbocycles. The van der Waals surface area contributed by atoms with E-state index in [1.165, 1.54) is 18.2 Å². The summed E-state index contributed by atoms with van der Waals surface area (Å²) in [6.07, 6.45) is 0. The van der Waals surface area contributed by atoms with Crippen LogP contribution in [0.5, 0.6) is 0 Å². The number of rotatable bonds is 1. The molecule has 1 aromatic carbocycles. The molecule has 96 valence electrons. The Morgan fingerprint density at radius 1 is 1.00 bits per heavy atom. The van der Waals surface area contributed by atoms with E-state index in [1.54, 1.807) is 11.9 Å². The van der Waals surface area contributed by atoms with Crippen LogP contribution in [0, 0.1) is 27.7 Å². The van der Waals surface area contributed by atoms with Crippen molar-refractivity contribution in [2.45, 2.75) is 27.7 Å². The van der Waals surface area contributed by atoms with E-state index in [9.17, 15) is 4.79 Å². The van der Waals surface area contributed by atoms with Gasteiger partial charge >= 0.3 is 0 Å². The smallest absolute Gasteiger partial charge is 0.280 e. The Kier molecular flexibility index (Phi) is 2.89. The number of hydrogen-bond acceptors (Lipinski definition) is 3. The number of amides is 1. The third-order valence-electron chi connectivity index (χ3n) is 3.92. The van der Waals surface area contributed by atoms with E-state index in [0.29, 0.717) is 5.71 Å². The van der Waals surface area contributed by atoms with Gasteiger partial charge in [-0.25, -0.2) is 0 Å². The SMILES string of the molecule is CO/N=C1\C(=O)N(C)c2c(C)c(C)c(C)c(C)c21.